The average Bonchev–Trinajstić information content (AvgIpc) is 1.65. The van der Waals surface area contributed by atoms with Crippen LogP contribution in [0.3, 0.4) is 0 Å². The van der Waals surface area contributed by atoms with Gasteiger partial charge >= 0.3 is 5.97 Å². The van der Waals surface area contributed by atoms with E-state index in [4.69, 9.17) is 15.9 Å². The van der Waals surface area contributed by atoms with Crippen LogP contribution in [0.2, 0.25) is 0 Å². The van der Waals surface area contributed by atoms with E-state index in [2.05, 4.69) is 0 Å². The third kappa shape index (κ3) is 4.47. The zero-order chi connectivity index (χ0) is 5.86. The minimum Gasteiger partial charge on any atom is -0.480 e. The maximum atomic E-state index is 9.65. The predicted molar refractivity (Wildman–Crippen MR) is 28.5 cm³/mol. The quantitative estimate of drug-likeness (QED) is 0.516. The van der Waals surface area contributed by atoms with Crippen molar-refractivity contribution in [2.24, 2.45) is 5.73 Å². The molecule has 0 aromatic carbocycles. The van der Waals surface area contributed by atoms with E-state index in [0.29, 0.717) is 0 Å². The van der Waals surface area contributed by atoms with Crippen LogP contribution in [0, 0.1) is 0 Å². The first-order chi connectivity index (χ1) is 3.18. The van der Waals surface area contributed by atoms with Gasteiger partial charge < -0.3 is 15.9 Å². The molecule has 0 unspecified atom stereocenters. The van der Waals surface area contributed by atoms with Gasteiger partial charge in [0.15, 0.2) is 0 Å². The molecule has 0 saturated carbocycles. The largest absolute Gasteiger partial charge is 0.480 e. The number of aliphatic hydroxyl groups is 1. The Morgan fingerprint density at radius 2 is 2.12 bits per heavy atom. The number of nitrogens with two attached hydrogens (primary N) is 1. The molecule has 0 spiro atoms. The normalized spacial score (nSPS) is 11.8. The molecule has 0 aliphatic carbocycles. The van der Waals surface area contributed by atoms with Crippen LogP contribution >= 0.6 is 0 Å². The Balaban J connectivity index is 0. The Bertz CT molecular complexity index is 76.9. The van der Waals surface area contributed by atoms with E-state index in [1.807, 2.05) is 0 Å². The van der Waals surface area contributed by atoms with Gasteiger partial charge in [-0.25, -0.2) is 0 Å². The van der Waals surface area contributed by atoms with Gasteiger partial charge in [0.1, 0.15) is 6.04 Å². The molecule has 0 aromatic rings. The number of hydrogen-bond acceptors (Lipinski definition) is 3. The van der Waals surface area contributed by atoms with E-state index in [-0.39, 0.29) is 27.3 Å². The Morgan fingerprint density at radius 1 is 1.75 bits per heavy atom. The van der Waals surface area contributed by atoms with Gasteiger partial charge in [0.25, 0.3) is 0 Å². The third-order valence-corrected chi connectivity index (χ3v) is 0.514. The molecule has 0 fully saturated rings. The van der Waals surface area contributed by atoms with E-state index >= 15 is 0 Å². The van der Waals surface area contributed by atoms with Gasteiger partial charge in [0.05, 0.1) is 6.61 Å². The summed E-state index contributed by atoms with van der Waals surface area (Å²) in [7, 11) is 0. The monoisotopic (exact) mass is 313 g/mol. The number of carboxylic acid groups (broad SMARTS) is 1. The van der Waals surface area contributed by atoms with Crippen molar-refractivity contribution in [3.8, 4) is 0 Å². The van der Waals surface area contributed by atoms with Crippen LogP contribution in [-0.4, -0.2) is 56.1 Å². The van der Waals surface area contributed by atoms with Gasteiger partial charge in [0, 0.05) is 27.3 Å². The molecule has 0 aliphatic rings. The van der Waals surface area contributed by atoms with Crippen molar-refractivity contribution < 1.29 is 15.0 Å². The first-order valence-corrected chi connectivity index (χ1v) is 1.77. The minimum atomic E-state index is -1.18. The van der Waals surface area contributed by atoms with Gasteiger partial charge in [-0.3, -0.25) is 4.79 Å². The summed E-state index contributed by atoms with van der Waals surface area (Å²) in [6.07, 6.45) is 0. The first-order valence-electron chi connectivity index (χ1n) is 1.77. The van der Waals surface area contributed by atoms with Crippen LogP contribution in [0.25, 0.3) is 0 Å². The van der Waals surface area contributed by atoms with E-state index in [0.717, 1.165) is 0 Å². The predicted octanol–water partition coefficient (Wildman–Crippen LogP) is -1.99. The fraction of sp³-hybridized carbons (Fsp3) is 0.667. The first kappa shape index (κ1) is 11.2. The van der Waals surface area contributed by atoms with Crippen molar-refractivity contribution in [2.45, 2.75) is 6.04 Å². The van der Waals surface area contributed by atoms with Crippen molar-refractivity contribution in [3.63, 3.8) is 0 Å². The maximum Gasteiger partial charge on any atom is 0.322 e. The van der Waals surface area contributed by atoms with E-state index in [1.165, 1.54) is 0 Å². The number of aliphatic carboxylic acids is 1. The van der Waals surface area contributed by atoms with Crippen LogP contribution in [0.4, 0.5) is 0 Å². The molecule has 4 radical (unpaired) electrons. The Labute approximate surface area is 66.8 Å². The summed E-state index contributed by atoms with van der Waals surface area (Å²) >= 11 is 0. The van der Waals surface area contributed by atoms with Crippen LogP contribution in [-0.2, 0) is 4.79 Å². The van der Waals surface area contributed by atoms with Crippen molar-refractivity contribution in [2.75, 3.05) is 6.61 Å². The molecule has 46 valence electrons. The van der Waals surface area contributed by atoms with Crippen LogP contribution < -0.4 is 5.73 Å². The molecular weight excluding hydrogens is 305 g/mol. The Hall–Kier alpha value is 0.312. The van der Waals surface area contributed by atoms with E-state index < -0.39 is 18.6 Å². The molecule has 4 nitrogen and oxygen atoms in total. The van der Waals surface area contributed by atoms with Crippen molar-refractivity contribution in [1.29, 1.82) is 0 Å². The van der Waals surface area contributed by atoms with Gasteiger partial charge in [-0.1, -0.05) is 0 Å². The molecule has 0 aromatic heterocycles. The molecule has 5 heteroatoms. The summed E-state index contributed by atoms with van der Waals surface area (Å²) in [6.45, 7) is -0.505. The average molecular weight is 312 g/mol. The maximum absolute atomic E-state index is 9.65. The molecule has 1 atom stereocenters. The van der Waals surface area contributed by atoms with Gasteiger partial charge in [-0.15, -0.1) is 0 Å². The summed E-state index contributed by atoms with van der Waals surface area (Å²) in [6, 6.07) is -1.13. The second-order valence-electron chi connectivity index (χ2n) is 1.13. The number of aliphatic hydroxyl groups excluding tert-OH is 1. The Morgan fingerprint density at radius 3 is 2.12 bits per heavy atom. The fourth-order valence-electron chi connectivity index (χ4n) is 0.0781. The molecule has 4 N–H and O–H groups in total. The van der Waals surface area contributed by atoms with Crippen LogP contribution in [0.1, 0.15) is 0 Å². The van der Waals surface area contributed by atoms with E-state index in [1.54, 1.807) is 0 Å². The summed E-state index contributed by atoms with van der Waals surface area (Å²) in [4.78, 5) is 9.65. The smallest absolute Gasteiger partial charge is 0.322 e. The topological polar surface area (TPSA) is 83.5 Å². The number of hydrogen-bond donors (Lipinski definition) is 3. The van der Waals surface area contributed by atoms with E-state index in [9.17, 15) is 4.79 Å². The summed E-state index contributed by atoms with van der Waals surface area (Å²) < 4.78 is 0. The second kappa shape index (κ2) is 5.45. The minimum absolute atomic E-state index is 0. The van der Waals surface area contributed by atoms with Gasteiger partial charge in [0.2, 0.25) is 0 Å². The van der Waals surface area contributed by atoms with Crippen LogP contribution in [0.5, 0.6) is 0 Å². The second-order valence-corrected chi connectivity index (χ2v) is 1.13. The fourth-order valence-corrected chi connectivity index (χ4v) is 0.0781. The Kier molecular flexibility index (Phi) is 7.60. The standard InChI is InChI=1S/C3H7NO3.Pb/c4-2(1-5)3(6)7;/h2,5H,1,4H2,(H,6,7);/t2-;/m1./s1. The van der Waals surface area contributed by atoms with Crippen LogP contribution in [0.15, 0.2) is 0 Å². The molecule has 0 bridgehead atoms. The number of carbonyl (C=O) groups is 1. The number of rotatable bonds is 2. The van der Waals surface area contributed by atoms with Gasteiger partial charge in [-0.2, -0.15) is 0 Å². The summed E-state index contributed by atoms with van der Waals surface area (Å²) in [5.74, 6) is -1.18. The number of carboxylic acids is 1. The zero-order valence-corrected chi connectivity index (χ0v) is 8.05. The molecule has 8 heavy (non-hydrogen) atoms. The molecule has 0 rings (SSSR count). The molecular formula is C3H7NO3Pb. The summed E-state index contributed by atoms with van der Waals surface area (Å²) in [5.41, 5.74) is 4.77. The molecule has 0 amide bonds. The molecule has 0 aliphatic heterocycles. The molecule has 0 saturated heterocycles. The van der Waals surface area contributed by atoms with Gasteiger partial charge in [-0.05, 0) is 0 Å². The molecule has 0 heterocycles. The third-order valence-electron chi connectivity index (χ3n) is 0.514. The van der Waals surface area contributed by atoms with Crippen molar-refractivity contribution in [1.82, 2.24) is 0 Å². The summed E-state index contributed by atoms with van der Waals surface area (Å²) in [5, 5.41) is 15.9. The SMILES string of the molecule is N[C@H](CO)C(=O)O.[Pb]. The van der Waals surface area contributed by atoms with Crippen molar-refractivity contribution >= 4 is 33.3 Å². The zero-order valence-electron chi connectivity index (χ0n) is 4.16. The van der Waals surface area contributed by atoms with Crippen molar-refractivity contribution in [3.05, 3.63) is 0 Å².